The molecule has 19 heavy (non-hydrogen) atoms. The Morgan fingerprint density at radius 2 is 1.79 bits per heavy atom. The molecule has 4 aliphatic rings. The fourth-order valence-electron chi connectivity index (χ4n) is 3.46. The van der Waals surface area contributed by atoms with Gasteiger partial charge in [-0.15, -0.1) is 0 Å². The lowest BCUT2D eigenvalue weighted by Crippen LogP contribution is -2.24. The molecule has 2 unspecified atom stereocenters. The standard InChI is InChI=1S/C18H16O/c1-11-3-4-12-5-6-13-7-10-16(19-2)15-9-8-14(11)17(12)18(13)15/h3-11,18H,1-2H3. The van der Waals surface area contributed by atoms with Crippen LogP contribution >= 0.6 is 0 Å². The number of rotatable bonds is 1. The van der Waals surface area contributed by atoms with E-state index in [0.717, 1.165) is 5.76 Å². The summed E-state index contributed by atoms with van der Waals surface area (Å²) in [6.07, 6.45) is 17.8. The molecule has 1 nitrogen and oxygen atoms in total. The van der Waals surface area contributed by atoms with Crippen LogP contribution in [-0.4, -0.2) is 7.11 Å². The summed E-state index contributed by atoms with van der Waals surface area (Å²) in [5, 5.41) is 0. The second-order valence-electron chi connectivity index (χ2n) is 5.43. The smallest absolute Gasteiger partial charge is 0.123 e. The molecule has 4 aliphatic carbocycles. The Kier molecular flexibility index (Phi) is 2.14. The molecule has 1 heteroatoms. The van der Waals surface area contributed by atoms with Crippen molar-refractivity contribution >= 4 is 0 Å². The van der Waals surface area contributed by atoms with E-state index in [1.54, 1.807) is 7.11 Å². The second-order valence-corrected chi connectivity index (χ2v) is 5.43. The maximum Gasteiger partial charge on any atom is 0.123 e. The lowest BCUT2D eigenvalue weighted by molar-refractivity contribution is 0.299. The Morgan fingerprint density at radius 3 is 2.63 bits per heavy atom. The Labute approximate surface area is 113 Å². The van der Waals surface area contributed by atoms with Gasteiger partial charge < -0.3 is 4.74 Å². The lowest BCUT2D eigenvalue weighted by Gasteiger charge is -2.37. The molecule has 2 atom stereocenters. The van der Waals surface area contributed by atoms with E-state index in [0.29, 0.717) is 11.8 Å². The van der Waals surface area contributed by atoms with E-state index in [2.05, 4.69) is 55.5 Å². The van der Waals surface area contributed by atoms with E-state index in [1.165, 1.54) is 27.9 Å². The zero-order valence-electron chi connectivity index (χ0n) is 11.2. The summed E-state index contributed by atoms with van der Waals surface area (Å²) in [5.74, 6) is 1.86. The predicted molar refractivity (Wildman–Crippen MR) is 77.3 cm³/mol. The predicted octanol–water partition coefficient (Wildman–Crippen LogP) is 4.01. The van der Waals surface area contributed by atoms with E-state index < -0.39 is 0 Å². The van der Waals surface area contributed by atoms with Crippen molar-refractivity contribution in [1.29, 1.82) is 0 Å². The number of methoxy groups -OCH3 is 1. The van der Waals surface area contributed by atoms with Crippen LogP contribution in [0.1, 0.15) is 6.92 Å². The largest absolute Gasteiger partial charge is 0.496 e. The van der Waals surface area contributed by atoms with Crippen LogP contribution in [0.2, 0.25) is 0 Å². The van der Waals surface area contributed by atoms with Crippen LogP contribution in [0.15, 0.2) is 82.2 Å². The molecular formula is C18H16O. The molecule has 0 amide bonds. The molecule has 0 saturated carbocycles. The molecule has 0 aromatic carbocycles. The summed E-state index contributed by atoms with van der Waals surface area (Å²) < 4.78 is 5.53. The Hall–Kier alpha value is -2.02. The highest BCUT2D eigenvalue weighted by Crippen LogP contribution is 2.48. The van der Waals surface area contributed by atoms with Gasteiger partial charge in [-0.1, -0.05) is 49.5 Å². The van der Waals surface area contributed by atoms with E-state index in [9.17, 15) is 0 Å². The third kappa shape index (κ3) is 1.36. The molecule has 0 heterocycles. The molecule has 94 valence electrons. The van der Waals surface area contributed by atoms with Gasteiger partial charge in [0.25, 0.3) is 0 Å². The highest BCUT2D eigenvalue weighted by atomic mass is 16.5. The number of hydrogen-bond acceptors (Lipinski definition) is 1. The van der Waals surface area contributed by atoms with Gasteiger partial charge in [-0.25, -0.2) is 0 Å². The third-order valence-corrected chi connectivity index (χ3v) is 4.44. The van der Waals surface area contributed by atoms with E-state index in [4.69, 9.17) is 4.74 Å². The van der Waals surface area contributed by atoms with E-state index in [1.807, 2.05) is 0 Å². The molecule has 0 aromatic rings. The van der Waals surface area contributed by atoms with Crippen LogP contribution in [0.3, 0.4) is 0 Å². The van der Waals surface area contributed by atoms with Crippen molar-refractivity contribution in [2.45, 2.75) is 6.92 Å². The van der Waals surface area contributed by atoms with Crippen molar-refractivity contribution in [3.8, 4) is 0 Å². The first kappa shape index (κ1) is 10.9. The monoisotopic (exact) mass is 248 g/mol. The number of ether oxygens (including phenoxy) is 1. The summed E-state index contributed by atoms with van der Waals surface area (Å²) in [5.41, 5.74) is 6.96. The van der Waals surface area contributed by atoms with Gasteiger partial charge in [0.05, 0.1) is 7.11 Å². The van der Waals surface area contributed by atoms with Crippen LogP contribution < -0.4 is 0 Å². The minimum atomic E-state index is 0.368. The van der Waals surface area contributed by atoms with Gasteiger partial charge in [0.2, 0.25) is 0 Å². The quantitative estimate of drug-likeness (QED) is 0.681. The SMILES string of the molecule is COC1=C2C=CC3=C4C(=CC=C(C=C1)C24)C=CC3C. The van der Waals surface area contributed by atoms with Crippen LogP contribution in [-0.2, 0) is 4.74 Å². The van der Waals surface area contributed by atoms with Gasteiger partial charge in [-0.2, -0.15) is 0 Å². The van der Waals surface area contributed by atoms with Gasteiger partial charge in [-0.05, 0) is 34.3 Å². The molecule has 0 aliphatic heterocycles. The number of hydrogen-bond donors (Lipinski definition) is 0. The minimum Gasteiger partial charge on any atom is -0.496 e. The molecule has 0 N–H and O–H groups in total. The van der Waals surface area contributed by atoms with Gasteiger partial charge in [0.15, 0.2) is 0 Å². The number of allylic oxidation sites excluding steroid dienone is 13. The van der Waals surface area contributed by atoms with Gasteiger partial charge in [-0.3, -0.25) is 0 Å². The lowest BCUT2D eigenvalue weighted by atomic mass is 9.67. The van der Waals surface area contributed by atoms with Crippen LogP contribution in [0.5, 0.6) is 0 Å². The fourth-order valence-corrected chi connectivity index (χ4v) is 3.46. The topological polar surface area (TPSA) is 9.23 Å². The van der Waals surface area contributed by atoms with E-state index in [-0.39, 0.29) is 0 Å². The van der Waals surface area contributed by atoms with Crippen molar-refractivity contribution < 1.29 is 4.74 Å². The summed E-state index contributed by atoms with van der Waals surface area (Å²) >= 11 is 0. The zero-order valence-corrected chi connectivity index (χ0v) is 11.2. The van der Waals surface area contributed by atoms with Gasteiger partial charge in [0.1, 0.15) is 5.76 Å². The Balaban J connectivity index is 2.00. The van der Waals surface area contributed by atoms with Gasteiger partial charge in [0, 0.05) is 11.5 Å². The normalized spacial score (nSPS) is 30.2. The minimum absolute atomic E-state index is 0.368. The van der Waals surface area contributed by atoms with E-state index >= 15 is 0 Å². The van der Waals surface area contributed by atoms with Crippen molar-refractivity contribution in [2.24, 2.45) is 11.8 Å². The molecule has 0 saturated heterocycles. The summed E-state index contributed by atoms with van der Waals surface area (Å²) in [6, 6.07) is 0. The molecule has 4 rings (SSSR count). The molecule has 0 spiro atoms. The first-order valence-electron chi connectivity index (χ1n) is 6.78. The molecule has 0 bridgehead atoms. The average molecular weight is 248 g/mol. The summed E-state index contributed by atoms with van der Waals surface area (Å²) in [7, 11) is 1.75. The Bertz CT molecular complexity index is 674. The van der Waals surface area contributed by atoms with Crippen LogP contribution in [0.4, 0.5) is 0 Å². The Morgan fingerprint density at radius 1 is 0.947 bits per heavy atom. The first-order valence-corrected chi connectivity index (χ1v) is 6.78. The highest BCUT2D eigenvalue weighted by molar-refractivity contribution is 5.68. The molecular weight excluding hydrogens is 232 g/mol. The molecule has 0 radical (unpaired) electrons. The second kappa shape index (κ2) is 3.74. The van der Waals surface area contributed by atoms with Crippen molar-refractivity contribution in [3.63, 3.8) is 0 Å². The van der Waals surface area contributed by atoms with Crippen LogP contribution in [0.25, 0.3) is 0 Å². The van der Waals surface area contributed by atoms with Crippen molar-refractivity contribution in [2.75, 3.05) is 7.11 Å². The maximum absolute atomic E-state index is 5.53. The first-order chi connectivity index (χ1) is 9.29. The molecule has 0 aromatic heterocycles. The fraction of sp³-hybridized carbons (Fsp3) is 0.222. The zero-order chi connectivity index (χ0) is 13.0. The maximum atomic E-state index is 5.53. The van der Waals surface area contributed by atoms with Crippen molar-refractivity contribution in [3.05, 3.63) is 82.2 Å². The molecule has 0 fully saturated rings. The highest BCUT2D eigenvalue weighted by Gasteiger charge is 2.35. The summed E-state index contributed by atoms with van der Waals surface area (Å²) in [6.45, 7) is 2.27. The van der Waals surface area contributed by atoms with Crippen LogP contribution in [0, 0.1) is 11.8 Å². The summed E-state index contributed by atoms with van der Waals surface area (Å²) in [4.78, 5) is 0. The van der Waals surface area contributed by atoms with Crippen molar-refractivity contribution in [1.82, 2.24) is 0 Å². The third-order valence-electron chi connectivity index (χ3n) is 4.44. The average Bonchev–Trinajstić information content (AvgIpc) is 2.46. The van der Waals surface area contributed by atoms with Gasteiger partial charge >= 0.3 is 0 Å².